The Hall–Kier alpha value is -0.0800. The third-order valence-electron chi connectivity index (χ3n) is 2.95. The van der Waals surface area contributed by atoms with Gasteiger partial charge in [0.15, 0.2) is 0 Å². The van der Waals surface area contributed by atoms with E-state index in [4.69, 9.17) is 4.74 Å². The number of hydrogen-bond donors (Lipinski definition) is 1. The fraction of sp³-hybridized carbons (Fsp3) is 1.00. The number of rotatable bonds is 5. The van der Waals surface area contributed by atoms with Crippen LogP contribution in [0.4, 0.5) is 0 Å². The average Bonchev–Trinajstić information content (AvgIpc) is 1.97. The van der Waals surface area contributed by atoms with Crippen molar-refractivity contribution in [3.05, 3.63) is 0 Å². The minimum Gasteiger partial charge on any atom is -0.376 e. The SMILES string of the molecule is CCCC1(CCOC(C)(C)C)CNC1. The van der Waals surface area contributed by atoms with E-state index >= 15 is 0 Å². The normalized spacial score (nSPS) is 20.6. The van der Waals surface area contributed by atoms with Crippen LogP contribution in [0, 0.1) is 5.41 Å². The van der Waals surface area contributed by atoms with Crippen LogP contribution in [-0.2, 0) is 4.74 Å². The molecule has 0 aromatic rings. The van der Waals surface area contributed by atoms with Crippen LogP contribution in [-0.4, -0.2) is 25.3 Å². The van der Waals surface area contributed by atoms with Crippen LogP contribution in [0.2, 0.25) is 0 Å². The Bertz CT molecular complexity index is 168. The Balaban J connectivity index is 2.21. The predicted octanol–water partition coefficient (Wildman–Crippen LogP) is 2.58. The molecule has 1 N–H and O–H groups in total. The summed E-state index contributed by atoms with van der Waals surface area (Å²) in [5.74, 6) is 0. The molecule has 0 amide bonds. The molecule has 0 radical (unpaired) electrons. The molecule has 0 spiro atoms. The third kappa shape index (κ3) is 3.58. The van der Waals surface area contributed by atoms with E-state index in [9.17, 15) is 0 Å². The van der Waals surface area contributed by atoms with Crippen LogP contribution in [0.25, 0.3) is 0 Å². The number of ether oxygens (including phenoxy) is 1. The Morgan fingerprint density at radius 2 is 1.86 bits per heavy atom. The van der Waals surface area contributed by atoms with Crippen molar-refractivity contribution in [1.82, 2.24) is 5.32 Å². The fourth-order valence-corrected chi connectivity index (χ4v) is 2.06. The van der Waals surface area contributed by atoms with Gasteiger partial charge in [0.2, 0.25) is 0 Å². The molecule has 0 aromatic heterocycles. The van der Waals surface area contributed by atoms with Gasteiger partial charge >= 0.3 is 0 Å². The summed E-state index contributed by atoms with van der Waals surface area (Å²) in [5, 5.41) is 3.38. The molecule has 0 bridgehead atoms. The highest BCUT2D eigenvalue weighted by Crippen LogP contribution is 2.32. The smallest absolute Gasteiger partial charge is 0.0598 e. The van der Waals surface area contributed by atoms with Crippen molar-refractivity contribution in [2.24, 2.45) is 5.41 Å². The highest BCUT2D eigenvalue weighted by Gasteiger charge is 2.35. The van der Waals surface area contributed by atoms with E-state index in [1.807, 2.05) is 0 Å². The largest absolute Gasteiger partial charge is 0.376 e. The van der Waals surface area contributed by atoms with Crippen LogP contribution in [0.1, 0.15) is 47.0 Å². The lowest BCUT2D eigenvalue weighted by Crippen LogP contribution is -2.54. The van der Waals surface area contributed by atoms with Crippen molar-refractivity contribution in [1.29, 1.82) is 0 Å². The van der Waals surface area contributed by atoms with Crippen molar-refractivity contribution in [3.63, 3.8) is 0 Å². The lowest BCUT2D eigenvalue weighted by molar-refractivity contribution is -0.0279. The van der Waals surface area contributed by atoms with Gasteiger partial charge in [0.25, 0.3) is 0 Å². The zero-order valence-corrected chi connectivity index (χ0v) is 10.2. The minimum atomic E-state index is 0.0184. The van der Waals surface area contributed by atoms with Gasteiger partial charge in [-0.3, -0.25) is 0 Å². The minimum absolute atomic E-state index is 0.0184. The molecule has 1 heterocycles. The second-order valence-electron chi connectivity index (χ2n) is 5.56. The molecule has 1 aliphatic heterocycles. The van der Waals surface area contributed by atoms with E-state index < -0.39 is 0 Å². The molecule has 0 aromatic carbocycles. The summed E-state index contributed by atoms with van der Waals surface area (Å²) < 4.78 is 5.78. The lowest BCUT2D eigenvalue weighted by atomic mass is 9.75. The molecule has 2 heteroatoms. The maximum absolute atomic E-state index is 5.78. The van der Waals surface area contributed by atoms with Crippen molar-refractivity contribution in [2.75, 3.05) is 19.7 Å². The molecular weight excluding hydrogens is 174 g/mol. The summed E-state index contributed by atoms with van der Waals surface area (Å²) in [4.78, 5) is 0. The summed E-state index contributed by atoms with van der Waals surface area (Å²) in [6, 6.07) is 0. The molecule has 0 atom stereocenters. The third-order valence-corrected chi connectivity index (χ3v) is 2.95. The average molecular weight is 199 g/mol. The Kier molecular flexibility index (Phi) is 3.96. The van der Waals surface area contributed by atoms with Gasteiger partial charge in [-0.1, -0.05) is 13.3 Å². The van der Waals surface area contributed by atoms with Gasteiger partial charge in [-0.05, 0) is 39.0 Å². The van der Waals surface area contributed by atoms with E-state index in [0.29, 0.717) is 5.41 Å². The molecule has 1 rings (SSSR count). The van der Waals surface area contributed by atoms with Crippen LogP contribution in [0.5, 0.6) is 0 Å². The molecule has 1 fully saturated rings. The summed E-state index contributed by atoms with van der Waals surface area (Å²) in [6.45, 7) is 11.9. The summed E-state index contributed by atoms with van der Waals surface area (Å²) in [5.41, 5.74) is 0.574. The van der Waals surface area contributed by atoms with Crippen molar-refractivity contribution in [2.45, 2.75) is 52.6 Å². The maximum atomic E-state index is 5.78. The first-order valence-corrected chi connectivity index (χ1v) is 5.82. The molecule has 1 aliphatic rings. The molecule has 0 unspecified atom stereocenters. The Labute approximate surface area is 88.4 Å². The zero-order chi connectivity index (χ0) is 10.7. The van der Waals surface area contributed by atoms with Gasteiger partial charge in [-0.15, -0.1) is 0 Å². The number of nitrogens with one attached hydrogen (secondary N) is 1. The highest BCUT2D eigenvalue weighted by atomic mass is 16.5. The van der Waals surface area contributed by atoms with Crippen molar-refractivity contribution in [3.8, 4) is 0 Å². The summed E-state index contributed by atoms with van der Waals surface area (Å²) in [6.07, 6.45) is 3.84. The lowest BCUT2D eigenvalue weighted by Gasteiger charge is -2.43. The van der Waals surface area contributed by atoms with Crippen molar-refractivity contribution < 1.29 is 4.74 Å². The number of hydrogen-bond acceptors (Lipinski definition) is 2. The standard InChI is InChI=1S/C12H25NO/c1-5-6-12(9-13-10-12)7-8-14-11(2,3)4/h13H,5-10H2,1-4H3. The van der Waals surface area contributed by atoms with Gasteiger partial charge in [0.05, 0.1) is 5.60 Å². The van der Waals surface area contributed by atoms with Gasteiger partial charge in [0.1, 0.15) is 0 Å². The second kappa shape index (κ2) is 4.63. The first-order valence-electron chi connectivity index (χ1n) is 5.82. The van der Waals surface area contributed by atoms with Crippen LogP contribution in [0.3, 0.4) is 0 Å². The highest BCUT2D eigenvalue weighted by molar-refractivity contribution is 4.91. The van der Waals surface area contributed by atoms with E-state index in [2.05, 4.69) is 33.0 Å². The Morgan fingerprint density at radius 3 is 2.21 bits per heavy atom. The van der Waals surface area contributed by atoms with Crippen LogP contribution >= 0.6 is 0 Å². The van der Waals surface area contributed by atoms with E-state index in [1.54, 1.807) is 0 Å². The topological polar surface area (TPSA) is 21.3 Å². The second-order valence-corrected chi connectivity index (χ2v) is 5.56. The van der Waals surface area contributed by atoms with E-state index in [0.717, 1.165) is 6.61 Å². The maximum Gasteiger partial charge on any atom is 0.0598 e. The molecule has 84 valence electrons. The Morgan fingerprint density at radius 1 is 1.21 bits per heavy atom. The zero-order valence-electron chi connectivity index (χ0n) is 10.2. The molecule has 0 aliphatic carbocycles. The molecule has 14 heavy (non-hydrogen) atoms. The summed E-state index contributed by atoms with van der Waals surface area (Å²) >= 11 is 0. The molecule has 1 saturated heterocycles. The predicted molar refractivity (Wildman–Crippen MR) is 60.5 cm³/mol. The first-order chi connectivity index (χ1) is 6.47. The molecule has 0 saturated carbocycles. The van der Waals surface area contributed by atoms with E-state index in [-0.39, 0.29) is 5.60 Å². The molecule has 2 nitrogen and oxygen atoms in total. The van der Waals surface area contributed by atoms with Gasteiger partial charge in [-0.2, -0.15) is 0 Å². The van der Waals surface area contributed by atoms with Crippen molar-refractivity contribution >= 4 is 0 Å². The molecular formula is C12H25NO. The fourth-order valence-electron chi connectivity index (χ4n) is 2.06. The monoisotopic (exact) mass is 199 g/mol. The first kappa shape index (κ1) is 12.0. The van der Waals surface area contributed by atoms with Gasteiger partial charge in [-0.25, -0.2) is 0 Å². The van der Waals surface area contributed by atoms with Crippen LogP contribution < -0.4 is 5.32 Å². The van der Waals surface area contributed by atoms with Gasteiger partial charge in [0, 0.05) is 19.7 Å². The summed E-state index contributed by atoms with van der Waals surface area (Å²) in [7, 11) is 0. The van der Waals surface area contributed by atoms with E-state index in [1.165, 1.54) is 32.4 Å². The quantitative estimate of drug-likeness (QED) is 0.735. The van der Waals surface area contributed by atoms with Gasteiger partial charge < -0.3 is 10.1 Å². The van der Waals surface area contributed by atoms with Crippen LogP contribution in [0.15, 0.2) is 0 Å².